The van der Waals surface area contributed by atoms with Crippen molar-refractivity contribution < 1.29 is 32.2 Å². The lowest BCUT2D eigenvalue weighted by Crippen LogP contribution is -2.16. The highest BCUT2D eigenvalue weighted by Crippen LogP contribution is 2.33. The van der Waals surface area contributed by atoms with Crippen LogP contribution in [0.15, 0.2) is 42.5 Å². The molecule has 0 atom stereocenters. The summed E-state index contributed by atoms with van der Waals surface area (Å²) in [6, 6.07) is 9.16. The average molecular weight is 379 g/mol. The third kappa shape index (κ3) is 4.72. The van der Waals surface area contributed by atoms with Gasteiger partial charge in [0.05, 0.1) is 12.7 Å². The molecule has 0 radical (unpaired) electrons. The van der Waals surface area contributed by atoms with Gasteiger partial charge in [0, 0.05) is 17.8 Å². The molecule has 0 bridgehead atoms. The van der Waals surface area contributed by atoms with Crippen molar-refractivity contribution in [1.82, 2.24) is 0 Å². The van der Waals surface area contributed by atoms with E-state index in [2.05, 4.69) is 5.32 Å². The van der Waals surface area contributed by atoms with Crippen molar-refractivity contribution in [1.29, 1.82) is 0 Å². The summed E-state index contributed by atoms with van der Waals surface area (Å²) in [4.78, 5) is 12.5. The summed E-state index contributed by atoms with van der Waals surface area (Å²) in [5, 5.41) is 2.71. The third-order valence-corrected chi connectivity index (χ3v) is 3.74. The van der Waals surface area contributed by atoms with Gasteiger partial charge in [-0.05, 0) is 35.9 Å². The van der Waals surface area contributed by atoms with Crippen LogP contribution in [0.1, 0.15) is 15.9 Å². The van der Waals surface area contributed by atoms with Gasteiger partial charge in [0.25, 0.3) is 5.91 Å². The van der Waals surface area contributed by atoms with Gasteiger partial charge in [-0.3, -0.25) is 4.79 Å². The van der Waals surface area contributed by atoms with Crippen LogP contribution in [0, 0.1) is 0 Å². The van der Waals surface area contributed by atoms with Gasteiger partial charge in [-0.15, -0.1) is 0 Å². The van der Waals surface area contributed by atoms with E-state index in [1.807, 2.05) is 0 Å². The maximum absolute atomic E-state index is 12.5. The first-order valence-electron chi connectivity index (χ1n) is 8.01. The Hall–Kier alpha value is -3.16. The van der Waals surface area contributed by atoms with E-state index >= 15 is 0 Å². The number of anilines is 1. The van der Waals surface area contributed by atoms with Crippen molar-refractivity contribution in [3.05, 3.63) is 53.6 Å². The summed E-state index contributed by atoms with van der Waals surface area (Å²) in [6.07, 6.45) is -3.39. The minimum atomic E-state index is -4.42. The Morgan fingerprint density at radius 1 is 1.11 bits per heavy atom. The van der Waals surface area contributed by atoms with Crippen LogP contribution in [-0.2, 0) is 0 Å². The molecule has 0 saturated carbocycles. The second-order valence-electron chi connectivity index (χ2n) is 5.65. The number of ether oxygens (including phenoxy) is 3. The maximum atomic E-state index is 12.5. The van der Waals surface area contributed by atoms with Crippen LogP contribution in [0.3, 0.4) is 0 Å². The van der Waals surface area contributed by atoms with Crippen LogP contribution in [0.4, 0.5) is 18.9 Å². The fraction of sp³-hybridized carbons (Fsp3) is 0.211. The number of halogens is 3. The summed E-state index contributed by atoms with van der Waals surface area (Å²) in [7, 11) is 1.34. The van der Waals surface area contributed by atoms with Crippen molar-refractivity contribution in [2.45, 2.75) is 6.18 Å². The zero-order valence-corrected chi connectivity index (χ0v) is 14.3. The quantitative estimate of drug-likeness (QED) is 0.861. The number of carbonyl (C=O) groups is 1. The number of fused-ring (bicyclic) bond motifs is 1. The molecule has 0 aromatic heterocycles. The Morgan fingerprint density at radius 3 is 2.56 bits per heavy atom. The molecule has 1 aliphatic heterocycles. The summed E-state index contributed by atoms with van der Waals surface area (Å²) < 4.78 is 52.9. The molecule has 1 aliphatic rings. The molecule has 142 valence electrons. The Bertz CT molecular complexity index is 878. The van der Waals surface area contributed by atoms with Crippen LogP contribution in [0.2, 0.25) is 0 Å². The Kier molecular flexibility index (Phi) is 5.25. The molecule has 0 saturated heterocycles. The van der Waals surface area contributed by atoms with Crippen molar-refractivity contribution in [3.63, 3.8) is 0 Å². The first kappa shape index (κ1) is 18.6. The highest BCUT2D eigenvalue weighted by molar-refractivity contribution is 6.06. The largest absolute Gasteiger partial charge is 0.496 e. The lowest BCUT2D eigenvalue weighted by Gasteiger charge is -2.19. The van der Waals surface area contributed by atoms with Crippen LogP contribution in [0.5, 0.6) is 17.2 Å². The topological polar surface area (TPSA) is 56.8 Å². The second-order valence-corrected chi connectivity index (χ2v) is 5.65. The minimum Gasteiger partial charge on any atom is -0.496 e. The number of nitrogens with one attached hydrogen (secondary N) is 1. The van der Waals surface area contributed by atoms with Gasteiger partial charge in [-0.2, -0.15) is 13.2 Å². The Balaban J connectivity index is 1.79. The first-order chi connectivity index (χ1) is 12.9. The molecule has 0 aliphatic carbocycles. The van der Waals surface area contributed by atoms with Crippen molar-refractivity contribution in [2.24, 2.45) is 0 Å². The van der Waals surface area contributed by atoms with E-state index < -0.39 is 12.1 Å². The summed E-state index contributed by atoms with van der Waals surface area (Å²) in [6.45, 7) is 0.885. The molecule has 0 spiro atoms. The zero-order chi connectivity index (χ0) is 19.4. The molecule has 0 unspecified atom stereocenters. The zero-order valence-electron chi connectivity index (χ0n) is 14.3. The molecular formula is C19H16F3NO4. The molecule has 3 rings (SSSR count). The summed E-state index contributed by atoms with van der Waals surface area (Å²) >= 11 is 0. The average Bonchev–Trinajstić information content (AvgIpc) is 2.65. The molecule has 1 heterocycles. The molecule has 5 nitrogen and oxygen atoms in total. The van der Waals surface area contributed by atoms with Gasteiger partial charge >= 0.3 is 6.18 Å². The Labute approximate surface area is 153 Å². The van der Waals surface area contributed by atoms with Crippen molar-refractivity contribution in [3.8, 4) is 17.2 Å². The van der Waals surface area contributed by atoms with Gasteiger partial charge in [-0.1, -0.05) is 6.07 Å². The van der Waals surface area contributed by atoms with Crippen LogP contribution in [0.25, 0.3) is 6.08 Å². The van der Waals surface area contributed by atoms with Gasteiger partial charge in [0.2, 0.25) is 0 Å². The van der Waals surface area contributed by atoms with E-state index in [4.69, 9.17) is 14.2 Å². The molecule has 27 heavy (non-hydrogen) atoms. The standard InChI is InChI=1S/C19H16F3NO4/c1-25-16-10-12(6-7-19(20,21)22)2-4-14(16)18(24)23-13-3-5-15-17(11-13)27-9-8-26-15/h2-7,10-11H,8-9H2,1H3,(H,23,24). The minimum absolute atomic E-state index is 0.122. The molecule has 8 heteroatoms. The normalized spacial score (nSPS) is 13.5. The summed E-state index contributed by atoms with van der Waals surface area (Å²) in [5.74, 6) is 0.820. The van der Waals surface area contributed by atoms with E-state index in [-0.39, 0.29) is 23.0 Å². The molecule has 2 aromatic carbocycles. The predicted octanol–water partition coefficient (Wildman–Crippen LogP) is 4.29. The second kappa shape index (κ2) is 7.61. The van der Waals surface area contributed by atoms with E-state index in [0.717, 1.165) is 6.08 Å². The molecule has 1 amide bonds. The summed E-state index contributed by atoms with van der Waals surface area (Å²) in [5.41, 5.74) is 0.948. The van der Waals surface area contributed by atoms with E-state index in [1.54, 1.807) is 18.2 Å². The lowest BCUT2D eigenvalue weighted by molar-refractivity contribution is -0.0790. The van der Waals surface area contributed by atoms with Gasteiger partial charge in [0.15, 0.2) is 11.5 Å². The van der Waals surface area contributed by atoms with Gasteiger partial charge in [0.1, 0.15) is 19.0 Å². The highest BCUT2D eigenvalue weighted by atomic mass is 19.4. The number of amides is 1. The molecular weight excluding hydrogens is 363 g/mol. The van der Waals surface area contributed by atoms with E-state index in [9.17, 15) is 18.0 Å². The predicted molar refractivity (Wildman–Crippen MR) is 93.5 cm³/mol. The number of allylic oxidation sites excluding steroid dienone is 1. The van der Waals surface area contributed by atoms with E-state index in [0.29, 0.717) is 30.4 Å². The van der Waals surface area contributed by atoms with E-state index in [1.165, 1.54) is 25.3 Å². The first-order valence-corrected chi connectivity index (χ1v) is 8.01. The number of carbonyl (C=O) groups excluding carboxylic acids is 1. The molecule has 0 fully saturated rings. The number of methoxy groups -OCH3 is 1. The van der Waals surface area contributed by atoms with Crippen LogP contribution >= 0.6 is 0 Å². The third-order valence-electron chi connectivity index (χ3n) is 3.74. The van der Waals surface area contributed by atoms with Crippen LogP contribution < -0.4 is 19.5 Å². The fourth-order valence-corrected chi connectivity index (χ4v) is 2.51. The number of hydrogen-bond acceptors (Lipinski definition) is 4. The molecule has 2 aromatic rings. The molecule has 1 N–H and O–H groups in total. The number of alkyl halides is 3. The number of rotatable bonds is 4. The SMILES string of the molecule is COc1cc(C=CC(F)(F)F)ccc1C(=O)Nc1ccc2c(c1)OCCO2. The Morgan fingerprint density at radius 2 is 1.85 bits per heavy atom. The highest BCUT2D eigenvalue weighted by Gasteiger charge is 2.22. The smallest absolute Gasteiger partial charge is 0.409 e. The van der Waals surface area contributed by atoms with Gasteiger partial charge < -0.3 is 19.5 Å². The lowest BCUT2D eigenvalue weighted by atomic mass is 10.1. The monoisotopic (exact) mass is 379 g/mol. The van der Waals surface area contributed by atoms with Gasteiger partial charge in [-0.25, -0.2) is 0 Å². The van der Waals surface area contributed by atoms with Crippen molar-refractivity contribution in [2.75, 3.05) is 25.6 Å². The number of hydrogen-bond donors (Lipinski definition) is 1. The maximum Gasteiger partial charge on any atom is 0.409 e. The fourth-order valence-electron chi connectivity index (χ4n) is 2.51. The van der Waals surface area contributed by atoms with Crippen LogP contribution in [-0.4, -0.2) is 32.4 Å². The number of benzene rings is 2. The van der Waals surface area contributed by atoms with Crippen molar-refractivity contribution >= 4 is 17.7 Å².